The Morgan fingerprint density at radius 3 is 2.71 bits per heavy atom. The summed E-state index contributed by atoms with van der Waals surface area (Å²) in [6, 6.07) is 2.06. The highest BCUT2D eigenvalue weighted by atomic mass is 15.3. The highest BCUT2D eigenvalue weighted by Crippen LogP contribution is 2.37. The van der Waals surface area contributed by atoms with E-state index in [1.165, 1.54) is 44.9 Å². The van der Waals surface area contributed by atoms with Gasteiger partial charge in [-0.15, -0.1) is 10.2 Å². The van der Waals surface area contributed by atoms with E-state index in [0.29, 0.717) is 5.92 Å². The van der Waals surface area contributed by atoms with Gasteiger partial charge in [-0.05, 0) is 50.2 Å². The van der Waals surface area contributed by atoms with Crippen molar-refractivity contribution in [3.05, 3.63) is 23.7 Å². The maximum absolute atomic E-state index is 6.11. The number of pyridine rings is 1. The zero-order chi connectivity index (χ0) is 14.8. The Kier molecular flexibility index (Phi) is 4.13. The van der Waals surface area contributed by atoms with Crippen molar-refractivity contribution in [2.75, 3.05) is 5.73 Å². The van der Waals surface area contributed by atoms with Crippen molar-refractivity contribution in [1.82, 2.24) is 14.6 Å². The van der Waals surface area contributed by atoms with E-state index in [2.05, 4.69) is 33.8 Å². The summed E-state index contributed by atoms with van der Waals surface area (Å²) < 4.78 is 2.10. The van der Waals surface area contributed by atoms with Crippen LogP contribution < -0.4 is 5.73 Å². The third-order valence-corrected chi connectivity index (χ3v) is 5.04. The van der Waals surface area contributed by atoms with Gasteiger partial charge in [-0.3, -0.25) is 4.40 Å². The van der Waals surface area contributed by atoms with Crippen LogP contribution >= 0.6 is 0 Å². The Bertz CT molecular complexity index is 609. The van der Waals surface area contributed by atoms with Crippen LogP contribution in [0.1, 0.15) is 69.2 Å². The maximum atomic E-state index is 6.11. The highest BCUT2D eigenvalue weighted by Gasteiger charge is 2.25. The summed E-state index contributed by atoms with van der Waals surface area (Å²) in [6.45, 7) is 4.29. The lowest BCUT2D eigenvalue weighted by Gasteiger charge is -2.27. The second-order valence-corrected chi connectivity index (χ2v) is 6.52. The largest absolute Gasteiger partial charge is 0.395 e. The van der Waals surface area contributed by atoms with Crippen molar-refractivity contribution in [2.45, 2.75) is 64.7 Å². The number of anilines is 1. The minimum Gasteiger partial charge on any atom is -0.395 e. The van der Waals surface area contributed by atoms with Crippen molar-refractivity contribution < 1.29 is 0 Å². The van der Waals surface area contributed by atoms with Gasteiger partial charge in [-0.2, -0.15) is 0 Å². The number of rotatable bonds is 4. The highest BCUT2D eigenvalue weighted by molar-refractivity contribution is 5.68. The molecule has 1 fully saturated rings. The van der Waals surface area contributed by atoms with Crippen LogP contribution in [0.15, 0.2) is 12.3 Å². The van der Waals surface area contributed by atoms with E-state index in [1.54, 1.807) is 0 Å². The fourth-order valence-electron chi connectivity index (χ4n) is 3.57. The molecule has 0 unspecified atom stereocenters. The van der Waals surface area contributed by atoms with Crippen LogP contribution in [0.5, 0.6) is 0 Å². The number of hydrogen-bond donors (Lipinski definition) is 1. The van der Waals surface area contributed by atoms with Crippen LogP contribution in [0.4, 0.5) is 5.69 Å². The van der Waals surface area contributed by atoms with Crippen molar-refractivity contribution in [3.8, 4) is 0 Å². The minimum absolute atomic E-state index is 0.542. The minimum atomic E-state index is 0.542. The van der Waals surface area contributed by atoms with Gasteiger partial charge in [0, 0.05) is 12.1 Å². The fraction of sp³-hybridized carbons (Fsp3) is 0.647. The van der Waals surface area contributed by atoms with E-state index in [0.717, 1.165) is 28.6 Å². The van der Waals surface area contributed by atoms with Gasteiger partial charge < -0.3 is 5.73 Å². The molecule has 2 aromatic rings. The molecule has 2 aromatic heterocycles. The third-order valence-electron chi connectivity index (χ3n) is 5.04. The molecule has 0 aliphatic heterocycles. The van der Waals surface area contributed by atoms with Gasteiger partial charge in [0.25, 0.3) is 0 Å². The molecular weight excluding hydrogens is 260 g/mol. The number of nitrogens with zero attached hydrogens (tertiary/aromatic N) is 3. The Labute approximate surface area is 126 Å². The first-order valence-electron chi connectivity index (χ1n) is 8.30. The molecule has 0 radical (unpaired) electrons. The van der Waals surface area contributed by atoms with E-state index in [9.17, 15) is 0 Å². The summed E-state index contributed by atoms with van der Waals surface area (Å²) in [7, 11) is 0. The van der Waals surface area contributed by atoms with Gasteiger partial charge in [0.1, 0.15) is 5.82 Å². The average Bonchev–Trinajstić information content (AvgIpc) is 2.94. The number of unbranched alkanes of at least 4 members (excludes halogenated alkanes) is 1. The molecule has 21 heavy (non-hydrogen) atoms. The van der Waals surface area contributed by atoms with Crippen LogP contribution in [0.3, 0.4) is 0 Å². The molecule has 4 nitrogen and oxygen atoms in total. The molecule has 0 spiro atoms. The Morgan fingerprint density at radius 1 is 1.24 bits per heavy atom. The Morgan fingerprint density at radius 2 is 2.00 bits per heavy atom. The summed E-state index contributed by atoms with van der Waals surface area (Å²) in [6.07, 6.45) is 11.3. The number of fused-ring (bicyclic) bond motifs is 1. The number of aryl methyl sites for hydroxylation is 1. The second kappa shape index (κ2) is 6.04. The first-order chi connectivity index (χ1) is 10.2. The molecular formula is C17H26N4. The SMILES string of the molecule is CCCCC1CCC(c2nnc3c(N)c(C)ccn23)CC1. The second-order valence-electron chi connectivity index (χ2n) is 6.52. The molecule has 0 amide bonds. The van der Waals surface area contributed by atoms with Crippen LogP contribution in [0.2, 0.25) is 0 Å². The van der Waals surface area contributed by atoms with Crippen molar-refractivity contribution in [1.29, 1.82) is 0 Å². The average molecular weight is 286 g/mol. The van der Waals surface area contributed by atoms with E-state index in [4.69, 9.17) is 5.73 Å². The molecule has 1 saturated carbocycles. The topological polar surface area (TPSA) is 56.2 Å². The molecule has 1 aliphatic carbocycles. The predicted molar refractivity (Wildman–Crippen MR) is 86.4 cm³/mol. The fourth-order valence-corrected chi connectivity index (χ4v) is 3.57. The van der Waals surface area contributed by atoms with Gasteiger partial charge in [0.05, 0.1) is 5.69 Å². The summed E-state index contributed by atoms with van der Waals surface area (Å²) in [5.41, 5.74) is 8.76. The van der Waals surface area contributed by atoms with Crippen molar-refractivity contribution in [3.63, 3.8) is 0 Å². The number of aromatic nitrogens is 3. The van der Waals surface area contributed by atoms with E-state index in [-0.39, 0.29) is 0 Å². The quantitative estimate of drug-likeness (QED) is 0.921. The van der Waals surface area contributed by atoms with Crippen LogP contribution in [-0.4, -0.2) is 14.6 Å². The number of nitrogen functional groups attached to an aromatic ring is 1. The van der Waals surface area contributed by atoms with Crippen LogP contribution in [-0.2, 0) is 0 Å². The summed E-state index contributed by atoms with van der Waals surface area (Å²) in [5, 5.41) is 8.75. The summed E-state index contributed by atoms with van der Waals surface area (Å²) in [4.78, 5) is 0. The van der Waals surface area contributed by atoms with Gasteiger partial charge in [0.15, 0.2) is 5.65 Å². The molecule has 2 heterocycles. The molecule has 2 N–H and O–H groups in total. The summed E-state index contributed by atoms with van der Waals surface area (Å²) >= 11 is 0. The molecule has 1 aliphatic rings. The normalized spacial score (nSPS) is 22.8. The monoisotopic (exact) mass is 286 g/mol. The van der Waals surface area contributed by atoms with Gasteiger partial charge in [-0.1, -0.05) is 26.2 Å². The molecule has 0 bridgehead atoms. The zero-order valence-electron chi connectivity index (χ0n) is 13.2. The van der Waals surface area contributed by atoms with E-state index in [1.807, 2.05) is 6.92 Å². The Hall–Kier alpha value is -1.58. The van der Waals surface area contributed by atoms with Crippen molar-refractivity contribution in [2.24, 2.45) is 5.92 Å². The van der Waals surface area contributed by atoms with Crippen LogP contribution in [0, 0.1) is 12.8 Å². The first-order valence-corrected chi connectivity index (χ1v) is 8.30. The smallest absolute Gasteiger partial charge is 0.184 e. The first kappa shape index (κ1) is 14.4. The lowest BCUT2D eigenvalue weighted by atomic mass is 9.79. The van der Waals surface area contributed by atoms with E-state index < -0.39 is 0 Å². The number of nitrogens with two attached hydrogens (primary N) is 1. The molecule has 3 rings (SSSR count). The zero-order valence-corrected chi connectivity index (χ0v) is 13.2. The predicted octanol–water partition coefficient (Wildman–Crippen LogP) is 4.08. The molecule has 114 valence electrons. The molecule has 0 atom stereocenters. The van der Waals surface area contributed by atoms with Crippen LogP contribution in [0.25, 0.3) is 5.65 Å². The van der Waals surface area contributed by atoms with Gasteiger partial charge >= 0.3 is 0 Å². The summed E-state index contributed by atoms with van der Waals surface area (Å²) in [5.74, 6) is 2.57. The standard InChI is InChI=1S/C17H26N4/c1-3-4-5-13-6-8-14(9-7-13)16-19-20-17-15(18)12(2)10-11-21(16)17/h10-11,13-14H,3-9,18H2,1-2H3. The van der Waals surface area contributed by atoms with Crippen molar-refractivity contribution >= 4 is 11.3 Å². The van der Waals surface area contributed by atoms with Gasteiger partial charge in [-0.25, -0.2) is 0 Å². The molecule has 0 aromatic carbocycles. The number of hydrogen-bond acceptors (Lipinski definition) is 3. The lowest BCUT2D eigenvalue weighted by Crippen LogP contribution is -2.15. The Balaban J connectivity index is 1.75. The van der Waals surface area contributed by atoms with E-state index >= 15 is 0 Å². The lowest BCUT2D eigenvalue weighted by molar-refractivity contribution is 0.298. The molecule has 0 saturated heterocycles. The third kappa shape index (κ3) is 2.76. The van der Waals surface area contributed by atoms with Gasteiger partial charge in [0.2, 0.25) is 0 Å². The maximum Gasteiger partial charge on any atom is 0.184 e. The molecule has 4 heteroatoms.